The van der Waals surface area contributed by atoms with Gasteiger partial charge in [0, 0.05) is 30.6 Å². The number of hydrogen-bond donors (Lipinski definition) is 3. The predicted molar refractivity (Wildman–Crippen MR) is 128 cm³/mol. The van der Waals surface area contributed by atoms with Gasteiger partial charge in [-0.25, -0.2) is 0 Å². The van der Waals surface area contributed by atoms with Crippen LogP contribution in [0.5, 0.6) is 0 Å². The summed E-state index contributed by atoms with van der Waals surface area (Å²) in [6.07, 6.45) is 1.53. The number of nitrogens with one attached hydrogen (secondary N) is 2. The predicted octanol–water partition coefficient (Wildman–Crippen LogP) is 4.34. The van der Waals surface area contributed by atoms with Gasteiger partial charge in [-0.05, 0) is 49.4 Å². The number of piperidine rings is 1. The first-order valence-electron chi connectivity index (χ1n) is 8.92. The van der Waals surface area contributed by atoms with Gasteiger partial charge in [-0.3, -0.25) is 4.99 Å². The van der Waals surface area contributed by atoms with E-state index in [9.17, 15) is 5.11 Å². The Morgan fingerprint density at radius 3 is 2.74 bits per heavy atom. The van der Waals surface area contributed by atoms with Crippen molar-refractivity contribution in [1.82, 2.24) is 10.6 Å². The summed E-state index contributed by atoms with van der Waals surface area (Å²) in [4.78, 5) is 7.85. The Morgan fingerprint density at radius 2 is 2.15 bits per heavy atom. The third-order valence-corrected chi connectivity index (χ3v) is 6.60. The van der Waals surface area contributed by atoms with Crippen molar-refractivity contribution < 1.29 is 5.11 Å². The smallest absolute Gasteiger partial charge is 0.191 e. The number of aliphatic hydroxyl groups is 1. The van der Waals surface area contributed by atoms with Gasteiger partial charge in [0.25, 0.3) is 0 Å². The Morgan fingerprint density at radius 1 is 1.37 bits per heavy atom. The quantitative estimate of drug-likeness (QED) is 0.290. The van der Waals surface area contributed by atoms with E-state index in [1.807, 2.05) is 13.0 Å². The lowest BCUT2D eigenvalue weighted by atomic mass is 10.1. The molecule has 2 aromatic heterocycles. The van der Waals surface area contributed by atoms with E-state index in [4.69, 9.17) is 11.6 Å². The van der Waals surface area contributed by atoms with Crippen molar-refractivity contribution in [2.75, 3.05) is 31.1 Å². The molecule has 0 aromatic carbocycles. The summed E-state index contributed by atoms with van der Waals surface area (Å²) in [5.74, 6) is 0.767. The number of hydrogen-bond acceptors (Lipinski definition) is 5. The van der Waals surface area contributed by atoms with Crippen molar-refractivity contribution in [3.8, 4) is 0 Å². The van der Waals surface area contributed by atoms with Gasteiger partial charge in [0.15, 0.2) is 5.96 Å². The molecule has 2 aromatic rings. The minimum Gasteiger partial charge on any atom is -0.386 e. The van der Waals surface area contributed by atoms with Crippen molar-refractivity contribution in [2.24, 2.45) is 4.99 Å². The lowest BCUT2D eigenvalue weighted by Crippen LogP contribution is -2.48. The lowest BCUT2D eigenvalue weighted by Gasteiger charge is -2.33. The van der Waals surface area contributed by atoms with Crippen LogP contribution in [0.3, 0.4) is 0 Å². The maximum absolute atomic E-state index is 10.3. The molecule has 1 aliphatic rings. The molecule has 0 spiro atoms. The maximum atomic E-state index is 10.3. The highest BCUT2D eigenvalue weighted by molar-refractivity contribution is 14.0. The van der Waals surface area contributed by atoms with E-state index in [-0.39, 0.29) is 24.0 Å². The first-order chi connectivity index (χ1) is 12.7. The molecular weight excluding hydrogens is 515 g/mol. The Labute approximate surface area is 190 Å². The van der Waals surface area contributed by atoms with Crippen molar-refractivity contribution >= 4 is 69.2 Å². The zero-order chi connectivity index (χ0) is 18.4. The minimum absolute atomic E-state index is 0. The fraction of sp³-hybridized carbons (Fsp3) is 0.500. The van der Waals surface area contributed by atoms with Crippen LogP contribution in [0.1, 0.15) is 30.7 Å². The van der Waals surface area contributed by atoms with Crippen LogP contribution in [0, 0.1) is 0 Å². The van der Waals surface area contributed by atoms with Crippen LogP contribution in [0.25, 0.3) is 0 Å². The molecule has 3 N–H and O–H groups in total. The van der Waals surface area contributed by atoms with E-state index in [2.05, 4.69) is 38.0 Å². The zero-order valence-corrected chi connectivity index (χ0v) is 19.9. The van der Waals surface area contributed by atoms with Crippen LogP contribution >= 0.6 is 58.3 Å². The largest absolute Gasteiger partial charge is 0.386 e. The number of aliphatic imine (C=N–C) groups is 1. The standard InChI is InChI=1S/C18H25ClN4OS2.HI/c1-2-20-18(21-12-14(24)15-5-6-16(19)26-15)22-13-7-9-23(10-8-13)17-4-3-11-25-17;/h3-6,11,13-14,24H,2,7-10,12H2,1H3,(H2,20,21,22);1H. The van der Waals surface area contributed by atoms with E-state index in [1.165, 1.54) is 16.3 Å². The topological polar surface area (TPSA) is 59.9 Å². The van der Waals surface area contributed by atoms with Crippen LogP contribution in [0.15, 0.2) is 34.6 Å². The molecule has 1 aliphatic heterocycles. The molecule has 0 radical (unpaired) electrons. The van der Waals surface area contributed by atoms with Crippen molar-refractivity contribution in [3.05, 3.63) is 38.9 Å². The third-order valence-electron chi connectivity index (χ3n) is 4.34. The summed E-state index contributed by atoms with van der Waals surface area (Å²) in [5.41, 5.74) is 0. The molecule has 5 nitrogen and oxygen atoms in total. The molecule has 150 valence electrons. The second-order valence-electron chi connectivity index (χ2n) is 6.23. The summed E-state index contributed by atoms with van der Waals surface area (Å²) in [5, 5.41) is 20.5. The van der Waals surface area contributed by atoms with E-state index >= 15 is 0 Å². The monoisotopic (exact) mass is 540 g/mol. The van der Waals surface area contributed by atoms with E-state index in [0.29, 0.717) is 16.9 Å². The summed E-state index contributed by atoms with van der Waals surface area (Å²) < 4.78 is 0.686. The van der Waals surface area contributed by atoms with E-state index in [1.54, 1.807) is 17.4 Å². The summed E-state index contributed by atoms with van der Waals surface area (Å²) in [7, 11) is 0. The SMILES string of the molecule is CCNC(=NCC(O)c1ccc(Cl)s1)NC1CCN(c2cccs2)CC1.I. The van der Waals surface area contributed by atoms with Crippen molar-refractivity contribution in [1.29, 1.82) is 0 Å². The molecule has 0 bridgehead atoms. The van der Waals surface area contributed by atoms with Gasteiger partial charge in [-0.2, -0.15) is 0 Å². The molecule has 3 rings (SSSR count). The highest BCUT2D eigenvalue weighted by atomic mass is 127. The van der Waals surface area contributed by atoms with E-state index < -0.39 is 6.10 Å². The third kappa shape index (κ3) is 6.77. The number of thiophene rings is 2. The van der Waals surface area contributed by atoms with E-state index in [0.717, 1.165) is 43.3 Å². The Hall–Kier alpha value is -0.550. The molecule has 1 atom stereocenters. The maximum Gasteiger partial charge on any atom is 0.191 e. The van der Waals surface area contributed by atoms with Gasteiger partial charge >= 0.3 is 0 Å². The van der Waals surface area contributed by atoms with Crippen LogP contribution in [-0.2, 0) is 0 Å². The highest BCUT2D eigenvalue weighted by Gasteiger charge is 2.21. The summed E-state index contributed by atoms with van der Waals surface area (Å²) in [6.45, 7) is 5.26. The Bertz CT molecular complexity index is 702. The zero-order valence-electron chi connectivity index (χ0n) is 15.2. The fourth-order valence-electron chi connectivity index (χ4n) is 2.98. The molecule has 0 aliphatic carbocycles. The average molecular weight is 541 g/mol. The van der Waals surface area contributed by atoms with Crippen molar-refractivity contribution in [3.63, 3.8) is 0 Å². The molecule has 3 heterocycles. The second-order valence-corrected chi connectivity index (χ2v) is 8.91. The van der Waals surface area contributed by atoms with Crippen LogP contribution in [0.4, 0.5) is 5.00 Å². The number of halogens is 2. The first-order valence-corrected chi connectivity index (χ1v) is 11.0. The number of rotatable bonds is 6. The van der Waals surface area contributed by atoms with Crippen LogP contribution < -0.4 is 15.5 Å². The van der Waals surface area contributed by atoms with Gasteiger partial charge in [0.05, 0.1) is 15.9 Å². The molecule has 1 fully saturated rings. The van der Waals surface area contributed by atoms with Gasteiger partial charge in [0.2, 0.25) is 0 Å². The number of guanidine groups is 1. The van der Waals surface area contributed by atoms with Crippen molar-refractivity contribution in [2.45, 2.75) is 31.9 Å². The van der Waals surface area contributed by atoms with Crippen LogP contribution in [-0.4, -0.2) is 43.3 Å². The molecule has 9 heteroatoms. The highest BCUT2D eigenvalue weighted by Crippen LogP contribution is 2.27. The molecule has 0 saturated carbocycles. The summed E-state index contributed by atoms with van der Waals surface area (Å²) >= 11 is 9.13. The summed E-state index contributed by atoms with van der Waals surface area (Å²) in [6, 6.07) is 8.35. The normalized spacial score (nSPS) is 16.7. The molecule has 0 amide bonds. The first kappa shape index (κ1) is 22.7. The fourth-order valence-corrected chi connectivity index (χ4v) is 4.81. The van der Waals surface area contributed by atoms with Gasteiger partial charge < -0.3 is 20.6 Å². The number of aliphatic hydroxyl groups excluding tert-OH is 1. The second kappa shape index (κ2) is 11.5. The molecule has 1 unspecified atom stereocenters. The Kier molecular flexibility index (Phi) is 9.64. The number of anilines is 1. The molecule has 1 saturated heterocycles. The molecular formula is C18H26ClIN4OS2. The average Bonchev–Trinajstić information content (AvgIpc) is 3.32. The van der Waals surface area contributed by atoms with Gasteiger partial charge in [-0.15, -0.1) is 46.7 Å². The minimum atomic E-state index is -0.622. The van der Waals surface area contributed by atoms with Crippen LogP contribution in [0.2, 0.25) is 4.34 Å². The van der Waals surface area contributed by atoms with Gasteiger partial charge in [-0.1, -0.05) is 11.6 Å². The van der Waals surface area contributed by atoms with Gasteiger partial charge in [0.1, 0.15) is 6.10 Å². The Balaban J connectivity index is 0.00000261. The molecule has 27 heavy (non-hydrogen) atoms. The number of nitrogens with zero attached hydrogens (tertiary/aromatic N) is 2. The lowest BCUT2D eigenvalue weighted by molar-refractivity contribution is 0.191.